The third kappa shape index (κ3) is 11.1. The highest BCUT2D eigenvalue weighted by Crippen LogP contribution is 2.54. The summed E-state index contributed by atoms with van der Waals surface area (Å²) >= 11 is 1.78. The first kappa shape index (κ1) is 43.5. The maximum atomic E-state index is 6.57. The molecule has 0 aliphatic carbocycles. The summed E-state index contributed by atoms with van der Waals surface area (Å²) in [5, 5.41) is 0. The Morgan fingerprint density at radius 1 is 0.620 bits per heavy atom. The van der Waals surface area contributed by atoms with E-state index in [2.05, 4.69) is 107 Å². The lowest BCUT2D eigenvalue weighted by atomic mass is 9.82. The summed E-state index contributed by atoms with van der Waals surface area (Å²) in [6.07, 6.45) is 9.13. The quantitative estimate of drug-likeness (QED) is 0.178. The lowest BCUT2D eigenvalue weighted by Crippen LogP contribution is -2.34. The molecular formula is C41H68O6P2S. The minimum atomic E-state index is -1.45. The van der Waals surface area contributed by atoms with E-state index in [1.54, 1.807) is 11.8 Å². The molecule has 2 aromatic carbocycles. The van der Waals surface area contributed by atoms with E-state index >= 15 is 0 Å². The molecule has 284 valence electrons. The van der Waals surface area contributed by atoms with Gasteiger partial charge in [0.05, 0.1) is 26.4 Å². The van der Waals surface area contributed by atoms with Crippen LogP contribution in [0.4, 0.5) is 0 Å². The average molecular weight is 751 g/mol. The molecule has 0 bridgehead atoms. The van der Waals surface area contributed by atoms with Crippen LogP contribution in [0.1, 0.15) is 150 Å². The summed E-state index contributed by atoms with van der Waals surface area (Å²) < 4.78 is 38.3. The predicted molar refractivity (Wildman–Crippen MR) is 214 cm³/mol. The van der Waals surface area contributed by atoms with Crippen LogP contribution >= 0.6 is 29.0 Å². The van der Waals surface area contributed by atoms with Crippen molar-refractivity contribution in [1.82, 2.24) is 0 Å². The van der Waals surface area contributed by atoms with Crippen molar-refractivity contribution in [1.29, 1.82) is 0 Å². The monoisotopic (exact) mass is 750 g/mol. The van der Waals surface area contributed by atoms with E-state index in [4.69, 9.17) is 27.1 Å². The highest BCUT2D eigenvalue weighted by atomic mass is 32.2. The highest BCUT2D eigenvalue weighted by Gasteiger charge is 2.39. The SMILES string of the molecule is C.CCCCC1(CC)COP(Oc2c(C)cc(Sc3cc(C)c(OP4OCC(CC)(CCCC)CO4)c(C(C)(C)C)c3)cc2C(C)(C)C)OC1. The number of hydrogen-bond acceptors (Lipinski definition) is 7. The average Bonchev–Trinajstić information content (AvgIpc) is 3.05. The van der Waals surface area contributed by atoms with Crippen molar-refractivity contribution in [2.24, 2.45) is 10.8 Å². The fourth-order valence-electron chi connectivity index (χ4n) is 6.42. The topological polar surface area (TPSA) is 55.4 Å². The fraction of sp³-hybridized carbons (Fsp3) is 0.707. The van der Waals surface area contributed by atoms with Gasteiger partial charge in [-0.2, -0.15) is 0 Å². The van der Waals surface area contributed by atoms with Gasteiger partial charge in [0.1, 0.15) is 11.5 Å². The molecule has 2 aromatic rings. The summed E-state index contributed by atoms with van der Waals surface area (Å²) in [6, 6.07) is 9.03. The summed E-state index contributed by atoms with van der Waals surface area (Å²) in [5.41, 5.74) is 4.43. The van der Waals surface area contributed by atoms with Gasteiger partial charge in [-0.05, 0) is 85.8 Å². The smallest absolute Gasteiger partial charge is 0.397 e. The Kier molecular flexibility index (Phi) is 16.0. The molecule has 6 nitrogen and oxygen atoms in total. The van der Waals surface area contributed by atoms with Crippen LogP contribution in [0.15, 0.2) is 34.1 Å². The zero-order valence-corrected chi connectivity index (χ0v) is 35.2. The number of aryl methyl sites for hydroxylation is 2. The van der Waals surface area contributed by atoms with Crippen molar-refractivity contribution in [3.63, 3.8) is 0 Å². The van der Waals surface area contributed by atoms with E-state index < -0.39 is 17.2 Å². The molecule has 2 heterocycles. The predicted octanol–water partition coefficient (Wildman–Crippen LogP) is 14.2. The Bertz CT molecular complexity index is 1270. The molecule has 0 unspecified atom stereocenters. The first-order valence-electron chi connectivity index (χ1n) is 18.5. The number of rotatable bonds is 14. The number of unbranched alkanes of at least 4 members (excludes halogenated alkanes) is 2. The van der Waals surface area contributed by atoms with Gasteiger partial charge in [-0.25, -0.2) is 0 Å². The van der Waals surface area contributed by atoms with Crippen molar-refractivity contribution < 1.29 is 27.1 Å². The van der Waals surface area contributed by atoms with Gasteiger partial charge in [0, 0.05) is 31.7 Å². The van der Waals surface area contributed by atoms with Gasteiger partial charge in [-0.15, -0.1) is 0 Å². The van der Waals surface area contributed by atoms with Crippen molar-refractivity contribution in [2.45, 2.75) is 162 Å². The molecular weight excluding hydrogens is 682 g/mol. The van der Waals surface area contributed by atoms with Gasteiger partial charge in [-0.3, -0.25) is 0 Å². The minimum absolute atomic E-state index is 0. The lowest BCUT2D eigenvalue weighted by molar-refractivity contribution is 0.00774. The number of hydrogen-bond donors (Lipinski definition) is 0. The maximum Gasteiger partial charge on any atom is 0.397 e. The maximum absolute atomic E-state index is 6.57. The van der Waals surface area contributed by atoms with Crippen LogP contribution in [-0.2, 0) is 28.9 Å². The standard InChI is InChI=1S/C40H64O6P2S.CH4/c1-13-17-19-39(15-3)25-41-47(42-26-39)45-35-29(5)21-31(23-33(35)37(7,8)9)49-32-22-30(6)36(34(24-32)38(10,11)12)46-48-43-27-40(16-4,28-44-48)20-18-14-2;/h21-24H,13-20,25-28H2,1-12H3;1H4. The molecule has 0 atom stereocenters. The molecule has 0 spiro atoms. The first-order chi connectivity index (χ1) is 23.1. The zero-order valence-electron chi connectivity index (χ0n) is 32.5. The van der Waals surface area contributed by atoms with Crippen LogP contribution in [-0.4, -0.2) is 26.4 Å². The molecule has 9 heteroatoms. The fourth-order valence-corrected chi connectivity index (χ4v) is 10.2. The second-order valence-corrected chi connectivity index (χ2v) is 19.9. The van der Waals surface area contributed by atoms with Crippen LogP contribution in [0, 0.1) is 24.7 Å². The lowest BCUT2D eigenvalue weighted by Gasteiger charge is -2.38. The van der Waals surface area contributed by atoms with Gasteiger partial charge in [0.15, 0.2) is 0 Å². The molecule has 50 heavy (non-hydrogen) atoms. The summed E-state index contributed by atoms with van der Waals surface area (Å²) in [7, 11) is -2.89. The molecule has 0 aromatic heterocycles. The molecule has 2 aliphatic rings. The molecule has 2 fully saturated rings. The van der Waals surface area contributed by atoms with Gasteiger partial charge >= 0.3 is 17.2 Å². The summed E-state index contributed by atoms with van der Waals surface area (Å²) in [6.45, 7) is 29.5. The van der Waals surface area contributed by atoms with Gasteiger partial charge < -0.3 is 27.1 Å². The van der Waals surface area contributed by atoms with Gasteiger partial charge in [0.25, 0.3) is 0 Å². The third-order valence-corrected chi connectivity index (χ3v) is 13.2. The second kappa shape index (κ2) is 18.4. The van der Waals surface area contributed by atoms with Crippen LogP contribution in [0.5, 0.6) is 11.5 Å². The molecule has 0 amide bonds. The highest BCUT2D eigenvalue weighted by molar-refractivity contribution is 7.99. The Balaban J connectivity index is 0.00000676. The van der Waals surface area contributed by atoms with Crippen LogP contribution < -0.4 is 9.05 Å². The second-order valence-electron chi connectivity index (χ2n) is 16.5. The van der Waals surface area contributed by atoms with E-state index in [9.17, 15) is 0 Å². The molecule has 0 N–H and O–H groups in total. The molecule has 2 aliphatic heterocycles. The van der Waals surface area contributed by atoms with Gasteiger partial charge in [0.2, 0.25) is 0 Å². The van der Waals surface area contributed by atoms with E-state index in [0.717, 1.165) is 59.4 Å². The summed E-state index contributed by atoms with van der Waals surface area (Å²) in [4.78, 5) is 2.36. The Morgan fingerprint density at radius 2 is 0.960 bits per heavy atom. The van der Waals surface area contributed by atoms with E-state index in [-0.39, 0.29) is 29.1 Å². The van der Waals surface area contributed by atoms with Crippen LogP contribution in [0.3, 0.4) is 0 Å². The van der Waals surface area contributed by atoms with E-state index in [1.165, 1.54) is 35.5 Å². The Hall–Kier alpha value is -0.910. The van der Waals surface area contributed by atoms with Crippen LogP contribution in [0.25, 0.3) is 0 Å². The molecule has 2 saturated heterocycles. The van der Waals surface area contributed by atoms with Crippen molar-refractivity contribution in [3.05, 3.63) is 46.5 Å². The Morgan fingerprint density at radius 3 is 1.24 bits per heavy atom. The largest absolute Gasteiger partial charge is 0.426 e. The zero-order chi connectivity index (χ0) is 36.0. The van der Waals surface area contributed by atoms with Crippen LogP contribution in [0.2, 0.25) is 0 Å². The molecule has 0 radical (unpaired) electrons. The first-order valence-corrected chi connectivity index (χ1v) is 21.5. The van der Waals surface area contributed by atoms with Gasteiger partial charge in [-0.1, -0.05) is 114 Å². The van der Waals surface area contributed by atoms with E-state index in [1.807, 2.05) is 0 Å². The van der Waals surface area contributed by atoms with Crippen molar-refractivity contribution in [2.75, 3.05) is 26.4 Å². The van der Waals surface area contributed by atoms with Crippen molar-refractivity contribution >= 4 is 29.0 Å². The molecule has 4 rings (SSSR count). The third-order valence-electron chi connectivity index (χ3n) is 10.2. The Labute approximate surface area is 312 Å². The van der Waals surface area contributed by atoms with E-state index in [0.29, 0.717) is 26.4 Å². The normalized spacial score (nSPS) is 24.5. The number of benzene rings is 2. The van der Waals surface area contributed by atoms with Crippen molar-refractivity contribution in [3.8, 4) is 11.5 Å². The minimum Gasteiger partial charge on any atom is -0.426 e. The summed E-state index contributed by atoms with van der Waals surface area (Å²) in [5.74, 6) is 1.76. The molecule has 0 saturated carbocycles.